The van der Waals surface area contributed by atoms with Crippen LogP contribution in [0.4, 0.5) is 0 Å². The van der Waals surface area contributed by atoms with Crippen molar-refractivity contribution in [2.75, 3.05) is 13.2 Å². The Kier molecular flexibility index (Phi) is 4.58. The first kappa shape index (κ1) is 15.0. The van der Waals surface area contributed by atoms with Crippen molar-refractivity contribution in [1.29, 1.82) is 0 Å². The lowest BCUT2D eigenvalue weighted by Gasteiger charge is -2.23. The molecule has 114 valence electrons. The molecule has 2 heterocycles. The van der Waals surface area contributed by atoms with Gasteiger partial charge < -0.3 is 14.2 Å². The number of nitrogens with zero attached hydrogens (tertiary/aromatic N) is 1. The van der Waals surface area contributed by atoms with E-state index in [1.807, 2.05) is 35.2 Å². The van der Waals surface area contributed by atoms with Crippen molar-refractivity contribution < 1.29 is 14.1 Å². The molecule has 2 aliphatic heterocycles. The molecule has 5 heteroatoms. The number of fused-ring (bicyclic) bond motifs is 1. The zero-order chi connectivity index (χ0) is 14.8. The molecule has 0 bridgehead atoms. The Morgan fingerprint density at radius 1 is 1.38 bits per heavy atom. The number of ether oxygens (including phenoxy) is 1. The first-order chi connectivity index (χ1) is 10.3. The van der Waals surface area contributed by atoms with Crippen molar-refractivity contribution >= 4 is 15.4 Å². The second-order valence-corrected chi connectivity index (χ2v) is 6.08. The fourth-order valence-corrected chi connectivity index (χ4v) is 3.88. The summed E-state index contributed by atoms with van der Waals surface area (Å²) in [6.07, 6.45) is 1.56. The third kappa shape index (κ3) is 2.61. The van der Waals surface area contributed by atoms with Crippen LogP contribution >= 0.6 is 9.47 Å². The lowest BCUT2D eigenvalue weighted by atomic mass is 9.86. The van der Waals surface area contributed by atoms with Crippen LogP contribution in [-0.2, 0) is 14.1 Å². The monoisotopic (exact) mass is 307 g/mol. The van der Waals surface area contributed by atoms with Crippen molar-refractivity contribution in [3.8, 4) is 0 Å². The van der Waals surface area contributed by atoms with Gasteiger partial charge in [-0.25, -0.2) is 0 Å². The van der Waals surface area contributed by atoms with Gasteiger partial charge in [-0.15, -0.1) is 0 Å². The first-order valence-corrected chi connectivity index (χ1v) is 8.05. The molecule has 0 aliphatic carbocycles. The summed E-state index contributed by atoms with van der Waals surface area (Å²) >= 11 is 0. The molecule has 1 amide bonds. The summed E-state index contributed by atoms with van der Waals surface area (Å²) in [5.74, 6) is 0.655. The van der Waals surface area contributed by atoms with Gasteiger partial charge in [-0.1, -0.05) is 43.7 Å². The van der Waals surface area contributed by atoms with E-state index in [9.17, 15) is 4.79 Å². The molecule has 0 aromatic heterocycles. The van der Waals surface area contributed by atoms with E-state index in [0.29, 0.717) is 19.1 Å². The molecule has 0 saturated carbocycles. The average Bonchev–Trinajstić information content (AvgIpc) is 3.05. The maximum absolute atomic E-state index is 12.8. The number of carbonyl (C=O) groups is 1. The van der Waals surface area contributed by atoms with Crippen molar-refractivity contribution in [2.45, 2.75) is 32.0 Å². The summed E-state index contributed by atoms with van der Waals surface area (Å²) in [5.41, 5.74) is 1.06. The molecular weight excluding hydrogens is 285 g/mol. The molecule has 0 N–H and O–H groups in total. The molecule has 4 nitrogen and oxygen atoms in total. The Morgan fingerprint density at radius 2 is 2.14 bits per heavy atom. The van der Waals surface area contributed by atoms with Gasteiger partial charge in [-0.05, 0) is 12.3 Å². The highest BCUT2D eigenvalue weighted by molar-refractivity contribution is 7.09. The number of benzene rings is 1. The van der Waals surface area contributed by atoms with Gasteiger partial charge in [0.2, 0.25) is 5.91 Å². The summed E-state index contributed by atoms with van der Waals surface area (Å²) in [4.78, 5) is 14.8. The van der Waals surface area contributed by atoms with E-state index in [4.69, 9.17) is 9.26 Å². The van der Waals surface area contributed by atoms with Crippen LogP contribution < -0.4 is 0 Å². The van der Waals surface area contributed by atoms with E-state index >= 15 is 0 Å². The minimum Gasteiger partial charge on any atom is -0.366 e. The highest BCUT2D eigenvalue weighted by atomic mass is 31.0. The summed E-state index contributed by atoms with van der Waals surface area (Å²) < 4.78 is 11.0. The molecular formula is C16H22NO3P. The predicted molar refractivity (Wildman–Crippen MR) is 83.3 cm³/mol. The maximum atomic E-state index is 12.8. The smallest absolute Gasteiger partial charge is 0.228 e. The minimum atomic E-state index is -0.223. The topological polar surface area (TPSA) is 38.8 Å². The van der Waals surface area contributed by atoms with Crippen LogP contribution in [0.1, 0.15) is 31.6 Å². The van der Waals surface area contributed by atoms with Crippen LogP contribution in [0, 0.1) is 11.8 Å². The predicted octanol–water partition coefficient (Wildman–Crippen LogP) is 2.77. The Morgan fingerprint density at radius 3 is 2.81 bits per heavy atom. The Labute approximate surface area is 128 Å². The number of rotatable bonds is 5. The van der Waals surface area contributed by atoms with Crippen LogP contribution in [0.25, 0.3) is 0 Å². The van der Waals surface area contributed by atoms with E-state index in [-0.39, 0.29) is 24.1 Å². The lowest BCUT2D eigenvalue weighted by Crippen LogP contribution is -2.32. The average molecular weight is 307 g/mol. The highest BCUT2D eigenvalue weighted by Gasteiger charge is 2.53. The van der Waals surface area contributed by atoms with Gasteiger partial charge in [0.25, 0.3) is 0 Å². The van der Waals surface area contributed by atoms with Gasteiger partial charge in [0, 0.05) is 20.9 Å². The SMILES string of the molecule is CC[C@@H]1[C@@H](CCOP)C(=O)N2[C@H](c3ccccc3)OC[C@@H]12. The Bertz CT molecular complexity index is 496. The van der Waals surface area contributed by atoms with Gasteiger partial charge in [-0.3, -0.25) is 4.79 Å². The minimum absolute atomic E-state index is 0.0654. The van der Waals surface area contributed by atoms with Crippen LogP contribution in [0.2, 0.25) is 0 Å². The molecule has 1 aromatic rings. The molecule has 0 spiro atoms. The van der Waals surface area contributed by atoms with Crippen LogP contribution in [0.3, 0.4) is 0 Å². The molecule has 2 fully saturated rings. The highest BCUT2D eigenvalue weighted by Crippen LogP contribution is 2.45. The summed E-state index contributed by atoms with van der Waals surface area (Å²) in [6, 6.07) is 10.2. The second kappa shape index (κ2) is 6.43. The van der Waals surface area contributed by atoms with Crippen molar-refractivity contribution in [2.24, 2.45) is 11.8 Å². The maximum Gasteiger partial charge on any atom is 0.228 e. The number of hydrogen-bond acceptors (Lipinski definition) is 3. The molecule has 21 heavy (non-hydrogen) atoms. The van der Waals surface area contributed by atoms with Gasteiger partial charge in [0.15, 0.2) is 6.23 Å². The quantitative estimate of drug-likeness (QED) is 0.785. The third-order valence-corrected chi connectivity index (χ3v) is 4.96. The number of amides is 1. The summed E-state index contributed by atoms with van der Waals surface area (Å²) in [7, 11) is 2.26. The fourth-order valence-electron chi connectivity index (χ4n) is 3.74. The molecule has 1 aromatic carbocycles. The van der Waals surface area contributed by atoms with Gasteiger partial charge >= 0.3 is 0 Å². The third-order valence-electron chi connectivity index (χ3n) is 4.72. The summed E-state index contributed by atoms with van der Waals surface area (Å²) in [6.45, 7) is 3.41. The van der Waals surface area contributed by atoms with E-state index < -0.39 is 0 Å². The van der Waals surface area contributed by atoms with E-state index in [1.54, 1.807) is 0 Å². The largest absolute Gasteiger partial charge is 0.366 e. The molecule has 3 rings (SSSR count). The van der Waals surface area contributed by atoms with Crippen molar-refractivity contribution in [1.82, 2.24) is 4.90 Å². The van der Waals surface area contributed by atoms with Crippen LogP contribution in [0.15, 0.2) is 30.3 Å². The number of carbonyl (C=O) groups excluding carboxylic acids is 1. The Balaban J connectivity index is 1.84. The zero-order valence-corrected chi connectivity index (χ0v) is 13.4. The second-order valence-electron chi connectivity index (χ2n) is 5.75. The van der Waals surface area contributed by atoms with E-state index in [0.717, 1.165) is 18.4 Å². The fraction of sp³-hybridized carbons (Fsp3) is 0.562. The van der Waals surface area contributed by atoms with E-state index in [1.165, 1.54) is 0 Å². The van der Waals surface area contributed by atoms with Crippen molar-refractivity contribution in [3.05, 3.63) is 35.9 Å². The van der Waals surface area contributed by atoms with E-state index in [2.05, 4.69) is 16.4 Å². The molecule has 2 saturated heterocycles. The van der Waals surface area contributed by atoms with Gasteiger partial charge in [0.05, 0.1) is 19.3 Å². The van der Waals surface area contributed by atoms with Crippen LogP contribution in [0.5, 0.6) is 0 Å². The lowest BCUT2D eigenvalue weighted by molar-refractivity contribution is -0.138. The molecule has 5 atom stereocenters. The first-order valence-electron chi connectivity index (χ1n) is 7.58. The number of hydrogen-bond donors (Lipinski definition) is 0. The normalized spacial score (nSPS) is 31.7. The zero-order valence-electron chi connectivity index (χ0n) is 12.3. The molecule has 0 radical (unpaired) electrons. The van der Waals surface area contributed by atoms with Crippen LogP contribution in [-0.4, -0.2) is 30.1 Å². The molecule has 2 aliphatic rings. The Hall–Kier alpha value is -0.960. The van der Waals surface area contributed by atoms with Crippen molar-refractivity contribution in [3.63, 3.8) is 0 Å². The molecule has 1 unspecified atom stereocenters. The standard InChI is InChI=1S/C16H22NO3P/c1-2-12-13(8-9-20-21)15(18)17-14(12)10-19-16(17)11-6-4-3-5-7-11/h3-7,12-14,16H,2,8-10,21H2,1H3/t12-,13-,14+,16+/m1/s1. The van der Waals surface area contributed by atoms with Gasteiger partial charge in [-0.2, -0.15) is 0 Å². The summed E-state index contributed by atoms with van der Waals surface area (Å²) in [5, 5.41) is 0. The van der Waals surface area contributed by atoms with Gasteiger partial charge in [0.1, 0.15) is 0 Å².